The standard InChI is InChI=1S/C32H54N6O4/c1-32(20-24-21-33-28-13-7-6-12-27(24)28,36-31(40)35-25-14-16-26(17-15-25)38(41)42)30(39)34-22-29(23-10-4-2-5-11-23)37-18-8-3-9-19-37/h21,23,25-29,33H,2-20,22H2,1H3,(H,34,39)(H2,35,36,40). The fourth-order valence-corrected chi connectivity index (χ4v) is 8.53. The van der Waals surface area contributed by atoms with Crippen LogP contribution in [0.15, 0.2) is 11.8 Å². The molecule has 0 radical (unpaired) electrons. The van der Waals surface area contributed by atoms with Crippen LogP contribution in [0.25, 0.3) is 0 Å². The molecule has 10 heteroatoms. The van der Waals surface area contributed by atoms with Gasteiger partial charge in [0.05, 0.1) is 0 Å². The van der Waals surface area contributed by atoms with Gasteiger partial charge in [-0.2, -0.15) is 0 Å². The number of carbonyl (C=O) groups is 2. The normalized spacial score (nSPS) is 31.0. The molecule has 5 rings (SSSR count). The van der Waals surface area contributed by atoms with Crippen LogP contribution in [-0.2, 0) is 4.79 Å². The molecule has 2 heterocycles. The Bertz CT molecular complexity index is 952. The molecule has 3 amide bonds. The van der Waals surface area contributed by atoms with E-state index in [1.807, 2.05) is 6.92 Å². The van der Waals surface area contributed by atoms with Crippen LogP contribution in [0.1, 0.15) is 116 Å². The Balaban J connectivity index is 1.26. The molecular weight excluding hydrogens is 532 g/mol. The van der Waals surface area contributed by atoms with E-state index in [2.05, 4.69) is 32.4 Å². The Morgan fingerprint density at radius 3 is 2.36 bits per heavy atom. The van der Waals surface area contributed by atoms with E-state index in [0.717, 1.165) is 25.9 Å². The second kappa shape index (κ2) is 14.4. The number of hydrogen-bond donors (Lipinski definition) is 4. The molecule has 0 aromatic heterocycles. The van der Waals surface area contributed by atoms with Crippen LogP contribution >= 0.6 is 0 Å². The van der Waals surface area contributed by atoms with Gasteiger partial charge in [-0.15, -0.1) is 0 Å². The molecule has 5 aliphatic rings. The molecule has 236 valence electrons. The molecule has 2 aliphatic heterocycles. The molecule has 3 saturated carbocycles. The smallest absolute Gasteiger partial charge is 0.315 e. The number of amides is 3. The van der Waals surface area contributed by atoms with E-state index in [-0.39, 0.29) is 22.9 Å². The number of nitro groups is 1. The summed E-state index contributed by atoms with van der Waals surface area (Å²) in [7, 11) is 0. The predicted molar refractivity (Wildman–Crippen MR) is 163 cm³/mol. The summed E-state index contributed by atoms with van der Waals surface area (Å²) in [6.07, 6.45) is 19.4. The van der Waals surface area contributed by atoms with Crippen molar-refractivity contribution in [1.82, 2.24) is 26.2 Å². The summed E-state index contributed by atoms with van der Waals surface area (Å²) in [5.41, 5.74) is 0.130. The largest absolute Gasteiger partial charge is 0.388 e. The lowest BCUT2D eigenvalue weighted by Crippen LogP contribution is -2.62. The first-order valence-corrected chi connectivity index (χ1v) is 17.0. The van der Waals surface area contributed by atoms with Crippen molar-refractivity contribution in [2.45, 2.75) is 146 Å². The second-order valence-electron chi connectivity index (χ2n) is 14.1. The summed E-state index contributed by atoms with van der Waals surface area (Å²) in [4.78, 5) is 41.1. The average Bonchev–Trinajstić information content (AvgIpc) is 3.40. The predicted octanol–water partition coefficient (Wildman–Crippen LogP) is 4.62. The Morgan fingerprint density at radius 1 is 0.976 bits per heavy atom. The first-order valence-electron chi connectivity index (χ1n) is 17.0. The van der Waals surface area contributed by atoms with Crippen molar-refractivity contribution in [3.05, 3.63) is 21.9 Å². The lowest BCUT2D eigenvalue weighted by atomic mass is 9.78. The molecule has 10 nitrogen and oxygen atoms in total. The van der Waals surface area contributed by atoms with Crippen molar-refractivity contribution in [3.8, 4) is 0 Å². The first kappa shape index (κ1) is 31.1. The summed E-state index contributed by atoms with van der Waals surface area (Å²) in [5.74, 6) is 0.905. The highest BCUT2D eigenvalue weighted by atomic mass is 16.6. The van der Waals surface area contributed by atoms with E-state index in [1.165, 1.54) is 69.8 Å². The minimum Gasteiger partial charge on any atom is -0.388 e. The van der Waals surface area contributed by atoms with Crippen LogP contribution < -0.4 is 21.3 Å². The summed E-state index contributed by atoms with van der Waals surface area (Å²) >= 11 is 0. The molecule has 4 N–H and O–H groups in total. The Kier molecular flexibility index (Phi) is 10.7. The number of fused-ring (bicyclic) bond motifs is 1. The number of nitrogens with zero attached hydrogens (tertiary/aromatic N) is 2. The number of carbonyl (C=O) groups excluding carboxylic acids is 2. The highest BCUT2D eigenvalue weighted by Gasteiger charge is 2.42. The van der Waals surface area contributed by atoms with E-state index >= 15 is 0 Å². The maximum atomic E-state index is 14.1. The maximum Gasteiger partial charge on any atom is 0.315 e. The zero-order chi connectivity index (χ0) is 29.5. The monoisotopic (exact) mass is 586 g/mol. The number of rotatable bonds is 10. The van der Waals surface area contributed by atoms with Crippen LogP contribution in [0.3, 0.4) is 0 Å². The van der Waals surface area contributed by atoms with Crippen LogP contribution in [-0.4, -0.2) is 71.1 Å². The molecular formula is C32H54N6O4. The third kappa shape index (κ3) is 7.77. The third-order valence-corrected chi connectivity index (χ3v) is 11.0. The summed E-state index contributed by atoms with van der Waals surface area (Å²) in [5, 5.41) is 24.2. The fraction of sp³-hybridized carbons (Fsp3) is 0.875. The van der Waals surface area contributed by atoms with Crippen molar-refractivity contribution in [2.75, 3.05) is 19.6 Å². The number of hydrogen-bond acceptors (Lipinski definition) is 6. The molecule has 3 aliphatic carbocycles. The minimum absolute atomic E-state index is 0.113. The van der Waals surface area contributed by atoms with Crippen molar-refractivity contribution in [2.24, 2.45) is 11.8 Å². The van der Waals surface area contributed by atoms with Gasteiger partial charge in [-0.25, -0.2) is 4.79 Å². The summed E-state index contributed by atoms with van der Waals surface area (Å²) < 4.78 is 0. The number of likely N-dealkylation sites (tertiary alicyclic amines) is 1. The topological polar surface area (TPSA) is 129 Å². The van der Waals surface area contributed by atoms with Crippen LogP contribution in [0.5, 0.6) is 0 Å². The lowest BCUT2D eigenvalue weighted by molar-refractivity contribution is -0.526. The minimum atomic E-state index is -1.10. The van der Waals surface area contributed by atoms with Crippen LogP contribution in [0, 0.1) is 22.0 Å². The van der Waals surface area contributed by atoms with Crippen LogP contribution in [0.2, 0.25) is 0 Å². The molecule has 1 saturated heterocycles. The van der Waals surface area contributed by atoms with Gasteiger partial charge in [0.2, 0.25) is 11.9 Å². The molecule has 0 aromatic carbocycles. The zero-order valence-electron chi connectivity index (χ0n) is 25.7. The Labute approximate surface area is 251 Å². The molecule has 4 atom stereocenters. The van der Waals surface area contributed by atoms with Gasteiger partial charge in [-0.3, -0.25) is 19.8 Å². The Morgan fingerprint density at radius 2 is 1.64 bits per heavy atom. The average molecular weight is 587 g/mol. The highest BCUT2D eigenvalue weighted by molar-refractivity contribution is 5.91. The molecule has 42 heavy (non-hydrogen) atoms. The molecule has 4 fully saturated rings. The highest BCUT2D eigenvalue weighted by Crippen LogP contribution is 2.38. The van der Waals surface area contributed by atoms with Crippen molar-refractivity contribution in [1.29, 1.82) is 0 Å². The lowest BCUT2D eigenvalue weighted by Gasteiger charge is -2.41. The molecule has 0 spiro atoms. The van der Waals surface area contributed by atoms with Crippen molar-refractivity contribution < 1.29 is 14.5 Å². The number of nitrogens with one attached hydrogen (secondary N) is 4. The molecule has 0 aromatic rings. The van der Waals surface area contributed by atoms with E-state index in [0.29, 0.717) is 62.6 Å². The van der Waals surface area contributed by atoms with Gasteiger partial charge >= 0.3 is 6.03 Å². The zero-order valence-corrected chi connectivity index (χ0v) is 25.7. The maximum absolute atomic E-state index is 14.1. The SMILES string of the molecule is CC(CC1=CNC2CCCCC12)(NC(=O)NC1CCC([N+](=O)[O-])CC1)C(=O)NCC(C1CCCCC1)N1CCCCC1. The quantitative estimate of drug-likeness (QED) is 0.218. The second-order valence-corrected chi connectivity index (χ2v) is 14.1. The summed E-state index contributed by atoms with van der Waals surface area (Å²) in [6.45, 7) is 4.71. The Hall–Kier alpha value is -2.36. The van der Waals surface area contributed by atoms with E-state index in [1.54, 1.807) is 0 Å². The van der Waals surface area contributed by atoms with Gasteiger partial charge in [-0.1, -0.05) is 38.5 Å². The van der Waals surface area contributed by atoms with Gasteiger partial charge in [0.1, 0.15) is 5.54 Å². The summed E-state index contributed by atoms with van der Waals surface area (Å²) in [6, 6.07) is -0.215. The van der Waals surface area contributed by atoms with E-state index < -0.39 is 11.6 Å². The molecule has 0 bridgehead atoms. The van der Waals surface area contributed by atoms with Gasteiger partial charge in [0.15, 0.2) is 0 Å². The first-order chi connectivity index (χ1) is 20.3. The van der Waals surface area contributed by atoms with Gasteiger partial charge in [-0.05, 0) is 89.1 Å². The third-order valence-electron chi connectivity index (χ3n) is 11.0. The van der Waals surface area contributed by atoms with Gasteiger partial charge in [0.25, 0.3) is 0 Å². The van der Waals surface area contributed by atoms with Gasteiger partial charge in [0, 0.05) is 54.8 Å². The van der Waals surface area contributed by atoms with E-state index in [9.17, 15) is 19.7 Å². The van der Waals surface area contributed by atoms with Crippen molar-refractivity contribution in [3.63, 3.8) is 0 Å². The van der Waals surface area contributed by atoms with Crippen LogP contribution in [0.4, 0.5) is 4.79 Å². The van der Waals surface area contributed by atoms with Crippen molar-refractivity contribution >= 4 is 11.9 Å². The van der Waals surface area contributed by atoms with Gasteiger partial charge < -0.3 is 21.3 Å². The number of urea groups is 1. The number of piperidine rings is 1. The fourth-order valence-electron chi connectivity index (χ4n) is 8.53. The van der Waals surface area contributed by atoms with E-state index in [4.69, 9.17) is 0 Å². The molecule has 4 unspecified atom stereocenters.